The molecule has 0 aromatic heterocycles. The number of aryl methyl sites for hydroxylation is 1. The van der Waals surface area contributed by atoms with E-state index in [4.69, 9.17) is 14.5 Å². The molecule has 32 heavy (non-hydrogen) atoms. The summed E-state index contributed by atoms with van der Waals surface area (Å²) in [5.74, 6) is 2.36. The summed E-state index contributed by atoms with van der Waals surface area (Å²) < 4.78 is 11.6. The number of aliphatic imine (C=N–C) groups is 1. The summed E-state index contributed by atoms with van der Waals surface area (Å²) in [6.45, 7) is 8.05. The second kappa shape index (κ2) is 13.3. The van der Waals surface area contributed by atoms with Crippen molar-refractivity contribution in [1.82, 2.24) is 16.0 Å². The van der Waals surface area contributed by atoms with Gasteiger partial charge in [0.25, 0.3) is 0 Å². The first-order chi connectivity index (χ1) is 15.6. The van der Waals surface area contributed by atoms with Crippen LogP contribution in [0.2, 0.25) is 0 Å². The zero-order valence-electron chi connectivity index (χ0n) is 19.8. The lowest BCUT2D eigenvalue weighted by atomic mass is 9.87. The molecule has 1 aliphatic heterocycles. The van der Waals surface area contributed by atoms with Crippen molar-refractivity contribution in [2.24, 2.45) is 10.9 Å². The minimum atomic E-state index is 0.114. The second-order valence-electron chi connectivity index (χ2n) is 8.89. The highest BCUT2D eigenvalue weighted by molar-refractivity contribution is 5.80. The highest BCUT2D eigenvalue weighted by atomic mass is 16.5. The molecular weight excluding hydrogens is 404 g/mol. The Labute approximate surface area is 192 Å². The number of hydrogen-bond acceptors (Lipinski definition) is 4. The number of guanidine groups is 1. The fourth-order valence-corrected chi connectivity index (χ4v) is 4.30. The highest BCUT2D eigenvalue weighted by Crippen LogP contribution is 2.26. The van der Waals surface area contributed by atoms with E-state index in [-0.39, 0.29) is 12.0 Å². The maximum absolute atomic E-state index is 12.2. The quantitative estimate of drug-likeness (QED) is 0.293. The maximum atomic E-state index is 12.2. The van der Waals surface area contributed by atoms with Gasteiger partial charge >= 0.3 is 0 Å². The van der Waals surface area contributed by atoms with Gasteiger partial charge in [-0.05, 0) is 44.2 Å². The number of benzene rings is 1. The smallest absolute Gasteiger partial charge is 0.220 e. The molecule has 1 saturated carbocycles. The van der Waals surface area contributed by atoms with E-state index >= 15 is 0 Å². The Kier molecular flexibility index (Phi) is 10.1. The third-order valence-corrected chi connectivity index (χ3v) is 6.09. The van der Waals surface area contributed by atoms with Crippen molar-refractivity contribution < 1.29 is 14.3 Å². The van der Waals surface area contributed by atoms with Crippen molar-refractivity contribution in [1.29, 1.82) is 0 Å². The Morgan fingerprint density at radius 3 is 2.69 bits per heavy atom. The van der Waals surface area contributed by atoms with Gasteiger partial charge in [0, 0.05) is 38.0 Å². The number of rotatable bonds is 10. The van der Waals surface area contributed by atoms with E-state index < -0.39 is 0 Å². The van der Waals surface area contributed by atoms with Crippen LogP contribution in [0.4, 0.5) is 0 Å². The standard InChI is InChI=1S/C25H40N4O3/c1-3-26-25(28-13-12-27-24(30)16-20-7-5-4-6-8-20)29-17-21-10-9-19(2)15-23(21)32-22-11-14-31-18-22/h9-10,15,20,22H,3-8,11-14,16-18H2,1-2H3,(H,27,30)(H2,26,28,29). The van der Waals surface area contributed by atoms with E-state index in [1.165, 1.54) is 37.7 Å². The van der Waals surface area contributed by atoms with Crippen LogP contribution >= 0.6 is 0 Å². The molecule has 0 spiro atoms. The van der Waals surface area contributed by atoms with Crippen molar-refractivity contribution in [2.75, 3.05) is 32.8 Å². The number of ether oxygens (including phenoxy) is 2. The molecule has 178 valence electrons. The molecule has 0 radical (unpaired) electrons. The highest BCUT2D eigenvalue weighted by Gasteiger charge is 2.19. The van der Waals surface area contributed by atoms with Crippen LogP contribution in [-0.2, 0) is 16.1 Å². The van der Waals surface area contributed by atoms with Crippen LogP contribution in [-0.4, -0.2) is 50.8 Å². The Hall–Kier alpha value is -2.28. The minimum Gasteiger partial charge on any atom is -0.488 e. The van der Waals surface area contributed by atoms with Crippen molar-refractivity contribution in [3.8, 4) is 5.75 Å². The minimum absolute atomic E-state index is 0.114. The number of carbonyl (C=O) groups is 1. The molecule has 7 nitrogen and oxygen atoms in total. The molecule has 2 aliphatic rings. The first-order valence-electron chi connectivity index (χ1n) is 12.3. The van der Waals surface area contributed by atoms with Gasteiger partial charge in [-0.25, -0.2) is 4.99 Å². The molecule has 3 N–H and O–H groups in total. The van der Waals surface area contributed by atoms with Crippen LogP contribution in [0.1, 0.15) is 63.0 Å². The summed E-state index contributed by atoms with van der Waals surface area (Å²) in [6, 6.07) is 6.25. The Morgan fingerprint density at radius 2 is 1.94 bits per heavy atom. The molecule has 1 amide bonds. The Morgan fingerprint density at radius 1 is 1.12 bits per heavy atom. The topological polar surface area (TPSA) is 84.0 Å². The van der Waals surface area contributed by atoms with Gasteiger partial charge < -0.3 is 25.4 Å². The molecule has 3 rings (SSSR count). The fourth-order valence-electron chi connectivity index (χ4n) is 4.30. The predicted molar refractivity (Wildman–Crippen MR) is 128 cm³/mol. The zero-order valence-corrected chi connectivity index (χ0v) is 19.8. The van der Waals surface area contributed by atoms with Gasteiger partial charge in [-0.15, -0.1) is 0 Å². The summed E-state index contributed by atoms with van der Waals surface area (Å²) in [4.78, 5) is 16.9. The van der Waals surface area contributed by atoms with E-state index in [1.807, 2.05) is 6.92 Å². The van der Waals surface area contributed by atoms with Gasteiger partial charge in [0.2, 0.25) is 5.91 Å². The molecule has 1 heterocycles. The number of nitrogens with one attached hydrogen (secondary N) is 3. The summed E-state index contributed by atoms with van der Waals surface area (Å²) in [5, 5.41) is 9.63. The van der Waals surface area contributed by atoms with Crippen LogP contribution < -0.4 is 20.7 Å². The van der Waals surface area contributed by atoms with Crippen molar-refractivity contribution in [3.63, 3.8) is 0 Å². The molecule has 1 saturated heterocycles. The largest absolute Gasteiger partial charge is 0.488 e. The predicted octanol–water partition coefficient (Wildman–Crippen LogP) is 3.30. The average Bonchev–Trinajstić information content (AvgIpc) is 3.30. The first-order valence-corrected chi connectivity index (χ1v) is 12.3. The van der Waals surface area contributed by atoms with Crippen LogP contribution in [0.25, 0.3) is 0 Å². The zero-order chi connectivity index (χ0) is 22.6. The van der Waals surface area contributed by atoms with E-state index in [2.05, 4.69) is 41.1 Å². The maximum Gasteiger partial charge on any atom is 0.220 e. The second-order valence-corrected chi connectivity index (χ2v) is 8.89. The summed E-state index contributed by atoms with van der Waals surface area (Å²) in [7, 11) is 0. The molecule has 7 heteroatoms. The lowest BCUT2D eigenvalue weighted by Gasteiger charge is -2.21. The van der Waals surface area contributed by atoms with E-state index in [0.29, 0.717) is 38.6 Å². The average molecular weight is 445 g/mol. The van der Waals surface area contributed by atoms with Gasteiger partial charge in [0.1, 0.15) is 11.9 Å². The summed E-state index contributed by atoms with van der Waals surface area (Å²) in [6.07, 6.45) is 7.95. The molecule has 2 fully saturated rings. The fraction of sp³-hybridized carbons (Fsp3) is 0.680. The SMILES string of the molecule is CCNC(=NCc1ccc(C)cc1OC1CCOC1)NCCNC(=O)CC1CCCCC1. The van der Waals surface area contributed by atoms with Crippen LogP contribution in [0.5, 0.6) is 5.75 Å². The van der Waals surface area contributed by atoms with E-state index in [1.54, 1.807) is 0 Å². The number of carbonyl (C=O) groups excluding carboxylic acids is 1. The lowest BCUT2D eigenvalue weighted by molar-refractivity contribution is -0.122. The molecular formula is C25H40N4O3. The summed E-state index contributed by atoms with van der Waals surface area (Å²) in [5.41, 5.74) is 2.22. The first kappa shape index (κ1) is 24.4. The van der Waals surface area contributed by atoms with Crippen molar-refractivity contribution in [2.45, 2.75) is 71.4 Å². The van der Waals surface area contributed by atoms with Crippen LogP contribution in [0, 0.1) is 12.8 Å². The lowest BCUT2D eigenvalue weighted by Crippen LogP contribution is -2.41. The monoisotopic (exact) mass is 444 g/mol. The van der Waals surface area contributed by atoms with Gasteiger partial charge in [0.05, 0.1) is 19.8 Å². The third-order valence-electron chi connectivity index (χ3n) is 6.09. The van der Waals surface area contributed by atoms with E-state index in [9.17, 15) is 4.79 Å². The molecule has 1 aromatic rings. The normalized spacial score (nSPS) is 19.6. The van der Waals surface area contributed by atoms with Gasteiger partial charge in [0.15, 0.2) is 5.96 Å². The van der Waals surface area contributed by atoms with Gasteiger partial charge in [-0.2, -0.15) is 0 Å². The number of nitrogens with zero attached hydrogens (tertiary/aromatic N) is 1. The molecule has 0 bridgehead atoms. The van der Waals surface area contributed by atoms with E-state index in [0.717, 1.165) is 36.8 Å². The molecule has 1 aromatic carbocycles. The Bertz CT molecular complexity index is 741. The van der Waals surface area contributed by atoms with Crippen LogP contribution in [0.3, 0.4) is 0 Å². The van der Waals surface area contributed by atoms with Crippen molar-refractivity contribution >= 4 is 11.9 Å². The third kappa shape index (κ3) is 8.34. The molecule has 1 atom stereocenters. The summed E-state index contributed by atoms with van der Waals surface area (Å²) >= 11 is 0. The van der Waals surface area contributed by atoms with Crippen molar-refractivity contribution in [3.05, 3.63) is 29.3 Å². The number of hydrogen-bond donors (Lipinski definition) is 3. The van der Waals surface area contributed by atoms with Gasteiger partial charge in [-0.1, -0.05) is 31.4 Å². The van der Waals surface area contributed by atoms with Gasteiger partial charge in [-0.3, -0.25) is 4.79 Å². The molecule has 1 unspecified atom stereocenters. The Balaban J connectivity index is 1.46. The number of amides is 1. The van der Waals surface area contributed by atoms with Crippen LogP contribution in [0.15, 0.2) is 23.2 Å². The molecule has 1 aliphatic carbocycles.